The van der Waals surface area contributed by atoms with E-state index >= 15 is 0 Å². The summed E-state index contributed by atoms with van der Waals surface area (Å²) >= 11 is 3.33. The lowest BCUT2D eigenvalue weighted by atomic mass is 10.2. The number of fused-ring (bicyclic) bond motifs is 1. The molecule has 1 heterocycles. The summed E-state index contributed by atoms with van der Waals surface area (Å²) in [6.07, 6.45) is -0.518. The fraction of sp³-hybridized carbons (Fsp3) is 0.125. The summed E-state index contributed by atoms with van der Waals surface area (Å²) in [7, 11) is 0. The molecule has 5 nitrogen and oxygen atoms in total. The van der Waals surface area contributed by atoms with E-state index in [9.17, 15) is 9.59 Å². The van der Waals surface area contributed by atoms with Crippen LogP contribution in [0.25, 0.3) is 0 Å². The van der Waals surface area contributed by atoms with Gasteiger partial charge in [0, 0.05) is 15.7 Å². The molecule has 2 aromatic carbocycles. The van der Waals surface area contributed by atoms with E-state index in [0.717, 1.165) is 4.47 Å². The van der Waals surface area contributed by atoms with Crippen molar-refractivity contribution >= 4 is 39.1 Å². The Hall–Kier alpha value is -2.34. The Bertz CT molecular complexity index is 744. The van der Waals surface area contributed by atoms with Gasteiger partial charge in [0.25, 0.3) is 11.8 Å². The van der Waals surface area contributed by atoms with E-state index in [1.54, 1.807) is 49.4 Å². The fourth-order valence-electron chi connectivity index (χ4n) is 2.09. The van der Waals surface area contributed by atoms with Crippen LogP contribution in [0, 0.1) is 0 Å². The molecule has 0 saturated carbocycles. The molecule has 2 N–H and O–H groups in total. The molecule has 0 radical (unpaired) electrons. The second-order valence-corrected chi connectivity index (χ2v) is 5.84. The van der Waals surface area contributed by atoms with Crippen LogP contribution in [0.3, 0.4) is 0 Å². The number of rotatable bonds is 2. The Kier molecular flexibility index (Phi) is 3.85. The summed E-state index contributed by atoms with van der Waals surface area (Å²) < 4.78 is 6.38. The number of hydrogen-bond donors (Lipinski definition) is 2. The zero-order valence-corrected chi connectivity index (χ0v) is 13.3. The van der Waals surface area contributed by atoms with Crippen LogP contribution in [0.4, 0.5) is 11.4 Å². The van der Waals surface area contributed by atoms with Crippen LogP contribution >= 0.6 is 15.9 Å². The van der Waals surface area contributed by atoms with Gasteiger partial charge >= 0.3 is 0 Å². The predicted octanol–water partition coefficient (Wildman–Crippen LogP) is 3.42. The molecule has 2 aromatic rings. The molecule has 0 bridgehead atoms. The van der Waals surface area contributed by atoms with Crippen molar-refractivity contribution in [2.75, 3.05) is 10.6 Å². The van der Waals surface area contributed by atoms with Crippen LogP contribution in [0.5, 0.6) is 5.75 Å². The lowest BCUT2D eigenvalue weighted by Crippen LogP contribution is -2.34. The van der Waals surface area contributed by atoms with Crippen LogP contribution < -0.4 is 15.4 Å². The number of amides is 2. The molecular weight excluding hydrogens is 348 g/mol. The number of nitrogens with one attached hydrogen (secondary N) is 2. The number of anilines is 2. The van der Waals surface area contributed by atoms with Gasteiger partial charge < -0.3 is 15.4 Å². The number of carbonyl (C=O) groups excluding carboxylic acids is 2. The summed E-state index contributed by atoms with van der Waals surface area (Å²) in [5.41, 5.74) is 1.69. The van der Waals surface area contributed by atoms with E-state index in [0.29, 0.717) is 22.7 Å². The second-order valence-electron chi connectivity index (χ2n) is 4.92. The van der Waals surface area contributed by atoms with Gasteiger partial charge in [-0.1, -0.05) is 15.9 Å². The van der Waals surface area contributed by atoms with Gasteiger partial charge in [-0.05, 0) is 49.4 Å². The molecule has 1 unspecified atom stereocenters. The molecule has 112 valence electrons. The van der Waals surface area contributed by atoms with E-state index in [1.807, 2.05) is 0 Å². The van der Waals surface area contributed by atoms with Crippen molar-refractivity contribution in [3.05, 3.63) is 52.5 Å². The highest BCUT2D eigenvalue weighted by Gasteiger charge is 2.23. The van der Waals surface area contributed by atoms with Gasteiger partial charge in [0.15, 0.2) is 6.10 Å². The molecule has 1 aliphatic rings. The van der Waals surface area contributed by atoms with Gasteiger partial charge in [0.05, 0.1) is 5.69 Å². The maximum atomic E-state index is 12.2. The summed E-state index contributed by atoms with van der Waals surface area (Å²) in [5.74, 6) is 0.168. The predicted molar refractivity (Wildman–Crippen MR) is 87.3 cm³/mol. The standard InChI is InChI=1S/C16H13BrN2O3/c1-9-15(20)19-13-8-12(6-7-14(13)22-9)18-16(21)10-2-4-11(17)5-3-10/h2-9H,1H3,(H,18,21)(H,19,20). The molecule has 1 atom stereocenters. The first kappa shape index (κ1) is 14.6. The first-order valence-electron chi connectivity index (χ1n) is 6.71. The zero-order valence-electron chi connectivity index (χ0n) is 11.7. The van der Waals surface area contributed by atoms with E-state index < -0.39 is 6.10 Å². The van der Waals surface area contributed by atoms with Crippen molar-refractivity contribution in [3.63, 3.8) is 0 Å². The molecule has 6 heteroatoms. The van der Waals surface area contributed by atoms with Crippen LogP contribution in [0.2, 0.25) is 0 Å². The van der Waals surface area contributed by atoms with E-state index in [2.05, 4.69) is 26.6 Å². The van der Waals surface area contributed by atoms with Crippen LogP contribution in [-0.4, -0.2) is 17.9 Å². The van der Waals surface area contributed by atoms with Gasteiger partial charge in [0.2, 0.25) is 0 Å². The Morgan fingerprint density at radius 2 is 1.95 bits per heavy atom. The topological polar surface area (TPSA) is 67.4 Å². The lowest BCUT2D eigenvalue weighted by Gasteiger charge is -2.23. The highest BCUT2D eigenvalue weighted by molar-refractivity contribution is 9.10. The Labute approximate surface area is 135 Å². The zero-order chi connectivity index (χ0) is 15.7. The maximum absolute atomic E-state index is 12.2. The second kappa shape index (κ2) is 5.81. The monoisotopic (exact) mass is 360 g/mol. The normalized spacial score (nSPS) is 16.3. The smallest absolute Gasteiger partial charge is 0.265 e. The van der Waals surface area contributed by atoms with Crippen LogP contribution in [-0.2, 0) is 4.79 Å². The molecule has 22 heavy (non-hydrogen) atoms. The number of benzene rings is 2. The molecule has 0 saturated heterocycles. The maximum Gasteiger partial charge on any atom is 0.265 e. The van der Waals surface area contributed by atoms with Crippen molar-refractivity contribution in [2.24, 2.45) is 0 Å². The summed E-state index contributed by atoms with van der Waals surface area (Å²) in [6, 6.07) is 12.2. The third kappa shape index (κ3) is 2.96. The molecule has 0 spiro atoms. The highest BCUT2D eigenvalue weighted by Crippen LogP contribution is 2.32. The van der Waals surface area contributed by atoms with Crippen molar-refractivity contribution in [3.8, 4) is 5.75 Å². The van der Waals surface area contributed by atoms with Crippen molar-refractivity contribution in [2.45, 2.75) is 13.0 Å². The Balaban J connectivity index is 1.79. The first-order chi connectivity index (χ1) is 10.5. The van der Waals surface area contributed by atoms with E-state index in [1.165, 1.54) is 0 Å². The van der Waals surface area contributed by atoms with Gasteiger partial charge in [-0.3, -0.25) is 9.59 Å². The van der Waals surface area contributed by atoms with E-state index in [-0.39, 0.29) is 11.8 Å². The van der Waals surface area contributed by atoms with Crippen molar-refractivity contribution in [1.29, 1.82) is 0 Å². The van der Waals surface area contributed by atoms with Crippen LogP contribution in [0.15, 0.2) is 46.9 Å². The molecule has 0 aromatic heterocycles. The SMILES string of the molecule is CC1Oc2ccc(NC(=O)c3ccc(Br)cc3)cc2NC1=O. The lowest BCUT2D eigenvalue weighted by molar-refractivity contribution is -0.122. The number of hydrogen-bond acceptors (Lipinski definition) is 3. The quantitative estimate of drug-likeness (QED) is 0.861. The number of ether oxygens (including phenoxy) is 1. The molecule has 0 fully saturated rings. The number of carbonyl (C=O) groups is 2. The largest absolute Gasteiger partial charge is 0.479 e. The minimum Gasteiger partial charge on any atom is -0.479 e. The van der Waals surface area contributed by atoms with Crippen molar-refractivity contribution in [1.82, 2.24) is 0 Å². The van der Waals surface area contributed by atoms with Gasteiger partial charge in [0.1, 0.15) is 5.75 Å². The molecule has 2 amide bonds. The van der Waals surface area contributed by atoms with Gasteiger partial charge in [-0.15, -0.1) is 0 Å². The fourth-order valence-corrected chi connectivity index (χ4v) is 2.36. The van der Waals surface area contributed by atoms with E-state index in [4.69, 9.17) is 4.74 Å². The third-order valence-electron chi connectivity index (χ3n) is 3.27. The van der Waals surface area contributed by atoms with Gasteiger partial charge in [-0.25, -0.2) is 0 Å². The average Bonchev–Trinajstić information content (AvgIpc) is 2.49. The Morgan fingerprint density at radius 3 is 2.68 bits per heavy atom. The summed E-state index contributed by atoms with van der Waals surface area (Å²) in [6.45, 7) is 1.68. The minimum atomic E-state index is -0.518. The van der Waals surface area contributed by atoms with Gasteiger partial charge in [-0.2, -0.15) is 0 Å². The highest BCUT2D eigenvalue weighted by atomic mass is 79.9. The summed E-state index contributed by atoms with van der Waals surface area (Å²) in [4.78, 5) is 23.8. The third-order valence-corrected chi connectivity index (χ3v) is 3.80. The molecule has 1 aliphatic heterocycles. The Morgan fingerprint density at radius 1 is 1.23 bits per heavy atom. The molecular formula is C16H13BrN2O3. The molecule has 0 aliphatic carbocycles. The van der Waals surface area contributed by atoms with Crippen LogP contribution in [0.1, 0.15) is 17.3 Å². The van der Waals surface area contributed by atoms with Crippen molar-refractivity contribution < 1.29 is 14.3 Å². The molecule has 3 rings (SSSR count). The summed E-state index contributed by atoms with van der Waals surface area (Å²) in [5, 5.41) is 5.54. The first-order valence-corrected chi connectivity index (χ1v) is 7.51. The number of halogens is 1. The average molecular weight is 361 g/mol. The minimum absolute atomic E-state index is 0.205.